The van der Waals surface area contributed by atoms with E-state index >= 15 is 0 Å². The van der Waals surface area contributed by atoms with E-state index in [0.717, 1.165) is 12.1 Å². The van der Waals surface area contributed by atoms with Crippen molar-refractivity contribution in [2.45, 2.75) is 12.6 Å². The average Bonchev–Trinajstić information content (AvgIpc) is 2.27. The Balaban J connectivity index is 3.12. The SMILES string of the molecule is N#Cc1cc(C(F)(F)F)ccc1C#CCC(=O)O. The van der Waals surface area contributed by atoms with Gasteiger partial charge in [0.25, 0.3) is 0 Å². The molecule has 1 aromatic carbocycles. The topological polar surface area (TPSA) is 61.1 Å². The lowest BCUT2D eigenvalue weighted by atomic mass is 10.0. The van der Waals surface area contributed by atoms with Crippen LogP contribution < -0.4 is 0 Å². The molecule has 0 aliphatic rings. The molecule has 18 heavy (non-hydrogen) atoms. The van der Waals surface area contributed by atoms with Crippen molar-refractivity contribution in [2.75, 3.05) is 0 Å². The number of nitrogens with zero attached hydrogens (tertiary/aromatic N) is 1. The first kappa shape index (κ1) is 13.6. The second-order valence-electron chi connectivity index (χ2n) is 3.24. The Bertz CT molecular complexity index is 574. The minimum absolute atomic E-state index is 0.0757. The Morgan fingerprint density at radius 1 is 1.33 bits per heavy atom. The molecule has 0 heterocycles. The highest BCUT2D eigenvalue weighted by atomic mass is 19.4. The maximum absolute atomic E-state index is 12.4. The lowest BCUT2D eigenvalue weighted by Crippen LogP contribution is -2.05. The molecule has 0 aliphatic carbocycles. The Kier molecular flexibility index (Phi) is 3.96. The second-order valence-corrected chi connectivity index (χ2v) is 3.24. The van der Waals surface area contributed by atoms with Crippen molar-refractivity contribution in [3.63, 3.8) is 0 Å². The van der Waals surface area contributed by atoms with Gasteiger partial charge in [-0.2, -0.15) is 18.4 Å². The molecule has 0 unspecified atom stereocenters. The molecule has 0 bridgehead atoms. The van der Waals surface area contributed by atoms with E-state index in [0.29, 0.717) is 6.07 Å². The van der Waals surface area contributed by atoms with Gasteiger partial charge in [-0.1, -0.05) is 11.8 Å². The summed E-state index contributed by atoms with van der Waals surface area (Å²) in [5, 5.41) is 17.1. The fourth-order valence-electron chi connectivity index (χ4n) is 1.14. The number of alkyl halides is 3. The number of hydrogen-bond acceptors (Lipinski definition) is 2. The largest absolute Gasteiger partial charge is 0.481 e. The van der Waals surface area contributed by atoms with Crippen LogP contribution in [0.4, 0.5) is 13.2 Å². The Labute approximate surface area is 100 Å². The van der Waals surface area contributed by atoms with Crippen LogP contribution in [0.5, 0.6) is 0 Å². The van der Waals surface area contributed by atoms with Gasteiger partial charge in [0, 0.05) is 5.56 Å². The number of carboxylic acid groups (broad SMARTS) is 1. The van der Waals surface area contributed by atoms with Crippen molar-refractivity contribution in [1.82, 2.24) is 0 Å². The molecule has 0 radical (unpaired) electrons. The van der Waals surface area contributed by atoms with Crippen molar-refractivity contribution in [3.8, 4) is 17.9 Å². The molecule has 0 spiro atoms. The van der Waals surface area contributed by atoms with Crippen LogP contribution in [-0.2, 0) is 11.0 Å². The third kappa shape index (κ3) is 3.53. The molecule has 0 aliphatic heterocycles. The van der Waals surface area contributed by atoms with Gasteiger partial charge in [0.2, 0.25) is 0 Å². The normalized spacial score (nSPS) is 10.1. The van der Waals surface area contributed by atoms with Gasteiger partial charge in [0.05, 0.1) is 11.1 Å². The molecular weight excluding hydrogens is 247 g/mol. The Hall–Kier alpha value is -2.47. The second kappa shape index (κ2) is 5.24. The fraction of sp³-hybridized carbons (Fsp3) is 0.167. The number of rotatable bonds is 1. The van der Waals surface area contributed by atoms with Crippen LogP contribution in [0.3, 0.4) is 0 Å². The maximum atomic E-state index is 12.4. The number of halogens is 3. The zero-order chi connectivity index (χ0) is 13.8. The van der Waals surface area contributed by atoms with Crippen LogP contribution in [0, 0.1) is 23.2 Å². The molecule has 6 heteroatoms. The van der Waals surface area contributed by atoms with E-state index in [1.807, 2.05) is 0 Å². The lowest BCUT2D eigenvalue weighted by molar-refractivity contribution is -0.138. The zero-order valence-corrected chi connectivity index (χ0v) is 8.88. The van der Waals surface area contributed by atoms with Crippen LogP contribution in [-0.4, -0.2) is 11.1 Å². The van der Waals surface area contributed by atoms with Crippen molar-refractivity contribution >= 4 is 5.97 Å². The summed E-state index contributed by atoms with van der Waals surface area (Å²) < 4.78 is 37.1. The molecule has 0 saturated heterocycles. The first-order valence-electron chi connectivity index (χ1n) is 4.66. The molecule has 92 valence electrons. The highest BCUT2D eigenvalue weighted by Crippen LogP contribution is 2.30. The summed E-state index contributed by atoms with van der Waals surface area (Å²) in [6.45, 7) is 0. The number of carbonyl (C=O) groups is 1. The van der Waals surface area contributed by atoms with Gasteiger partial charge in [-0.25, -0.2) is 0 Å². The van der Waals surface area contributed by atoms with E-state index in [-0.39, 0.29) is 11.1 Å². The predicted octanol–water partition coefficient (Wildman–Crippen LogP) is 2.40. The van der Waals surface area contributed by atoms with Crippen molar-refractivity contribution in [2.24, 2.45) is 0 Å². The van der Waals surface area contributed by atoms with Crippen molar-refractivity contribution in [1.29, 1.82) is 5.26 Å². The standard InChI is InChI=1S/C12H6F3NO2/c13-12(14,15)10-5-4-8(9(6-10)7-16)2-1-3-11(17)18/h4-6H,3H2,(H,17,18). The van der Waals surface area contributed by atoms with Crippen LogP contribution in [0.25, 0.3) is 0 Å². The predicted molar refractivity (Wildman–Crippen MR) is 55.3 cm³/mol. The minimum Gasteiger partial charge on any atom is -0.481 e. The third-order valence-electron chi connectivity index (χ3n) is 1.93. The first-order valence-corrected chi connectivity index (χ1v) is 4.66. The third-order valence-corrected chi connectivity index (χ3v) is 1.93. The molecule has 1 N–H and O–H groups in total. The summed E-state index contributed by atoms with van der Waals surface area (Å²) in [5.41, 5.74) is -1.10. The molecule has 0 fully saturated rings. The van der Waals surface area contributed by atoms with Gasteiger partial charge < -0.3 is 5.11 Å². The molecule has 0 amide bonds. The minimum atomic E-state index is -4.53. The van der Waals surface area contributed by atoms with Crippen LogP contribution in [0.1, 0.15) is 23.1 Å². The maximum Gasteiger partial charge on any atom is 0.416 e. The van der Waals surface area contributed by atoms with Gasteiger partial charge in [-0.05, 0) is 18.2 Å². The summed E-state index contributed by atoms with van der Waals surface area (Å²) in [4.78, 5) is 10.2. The van der Waals surface area contributed by atoms with E-state index in [9.17, 15) is 18.0 Å². The van der Waals surface area contributed by atoms with E-state index in [1.54, 1.807) is 6.07 Å². The van der Waals surface area contributed by atoms with E-state index in [4.69, 9.17) is 10.4 Å². The molecule has 0 aromatic heterocycles. The van der Waals surface area contributed by atoms with Gasteiger partial charge in [-0.15, -0.1) is 0 Å². The van der Waals surface area contributed by atoms with Gasteiger partial charge >= 0.3 is 12.1 Å². The quantitative estimate of drug-likeness (QED) is 0.782. The van der Waals surface area contributed by atoms with Gasteiger partial charge in [0.1, 0.15) is 12.5 Å². The van der Waals surface area contributed by atoms with E-state index < -0.39 is 24.1 Å². The molecule has 0 saturated carbocycles. The number of benzene rings is 1. The summed E-state index contributed by atoms with van der Waals surface area (Å²) in [7, 11) is 0. The average molecular weight is 253 g/mol. The van der Waals surface area contributed by atoms with Crippen LogP contribution in [0.15, 0.2) is 18.2 Å². The summed E-state index contributed by atoms with van der Waals surface area (Å²) >= 11 is 0. The first-order chi connectivity index (χ1) is 8.34. The number of carboxylic acids is 1. The monoisotopic (exact) mass is 253 g/mol. The van der Waals surface area contributed by atoms with Crippen LogP contribution in [0.2, 0.25) is 0 Å². The summed E-state index contributed by atoms with van der Waals surface area (Å²) in [5.74, 6) is 3.46. The Morgan fingerprint density at radius 3 is 2.50 bits per heavy atom. The van der Waals surface area contributed by atoms with E-state index in [1.165, 1.54) is 0 Å². The molecule has 0 atom stereocenters. The van der Waals surface area contributed by atoms with Crippen molar-refractivity contribution in [3.05, 3.63) is 34.9 Å². The van der Waals surface area contributed by atoms with E-state index in [2.05, 4.69) is 11.8 Å². The smallest absolute Gasteiger partial charge is 0.416 e. The zero-order valence-electron chi connectivity index (χ0n) is 8.88. The number of hydrogen-bond donors (Lipinski definition) is 1. The highest BCUT2D eigenvalue weighted by molar-refractivity contribution is 5.70. The number of nitriles is 1. The number of aliphatic carboxylic acids is 1. The van der Waals surface area contributed by atoms with Crippen molar-refractivity contribution < 1.29 is 23.1 Å². The molecular formula is C12H6F3NO2. The summed E-state index contributed by atoms with van der Waals surface area (Å²) in [6.07, 6.45) is -4.97. The summed E-state index contributed by atoms with van der Waals surface area (Å²) in [6, 6.07) is 4.13. The molecule has 3 nitrogen and oxygen atoms in total. The fourth-order valence-corrected chi connectivity index (χ4v) is 1.14. The van der Waals surface area contributed by atoms with Crippen LogP contribution >= 0.6 is 0 Å². The van der Waals surface area contributed by atoms with Gasteiger partial charge in [-0.3, -0.25) is 4.79 Å². The lowest BCUT2D eigenvalue weighted by Gasteiger charge is -2.06. The molecule has 1 aromatic rings. The highest BCUT2D eigenvalue weighted by Gasteiger charge is 2.30. The Morgan fingerprint density at radius 2 is 2.00 bits per heavy atom. The molecule has 1 rings (SSSR count). The van der Waals surface area contributed by atoms with Gasteiger partial charge in [0.15, 0.2) is 0 Å².